The van der Waals surface area contributed by atoms with E-state index in [-0.39, 0.29) is 12.0 Å². The molecule has 1 fully saturated rings. The van der Waals surface area contributed by atoms with Gasteiger partial charge in [0.05, 0.1) is 0 Å². The molecule has 1 aliphatic rings. The van der Waals surface area contributed by atoms with Crippen LogP contribution in [0.4, 0.5) is 0 Å². The van der Waals surface area contributed by atoms with Gasteiger partial charge in [-0.1, -0.05) is 50.1 Å². The standard InChI is InChI=1S/C6H12.C3H5ClO2/c1-2-4-6-5-3-1;1-3(5)6-2-4/h1-6H2;2H2,1H3. The van der Waals surface area contributed by atoms with E-state index in [1.807, 2.05) is 0 Å². The Bertz CT molecular complexity index is 99.6. The van der Waals surface area contributed by atoms with Crippen LogP contribution in [-0.2, 0) is 9.53 Å². The molecular formula is C9H17ClO2. The van der Waals surface area contributed by atoms with Crippen LogP contribution in [0.1, 0.15) is 45.4 Å². The summed E-state index contributed by atoms with van der Waals surface area (Å²) in [6.45, 7) is 1.31. The molecule has 0 atom stereocenters. The molecule has 12 heavy (non-hydrogen) atoms. The average Bonchev–Trinajstić information content (AvgIpc) is 2.08. The molecule has 0 unspecified atom stereocenters. The predicted molar refractivity (Wildman–Crippen MR) is 50.2 cm³/mol. The van der Waals surface area contributed by atoms with E-state index >= 15 is 0 Å². The minimum atomic E-state index is -0.343. The summed E-state index contributed by atoms with van der Waals surface area (Å²) in [5.41, 5.74) is 0. The number of hydrogen-bond acceptors (Lipinski definition) is 2. The van der Waals surface area contributed by atoms with Crippen molar-refractivity contribution in [3.05, 3.63) is 0 Å². The number of ether oxygens (including phenoxy) is 1. The van der Waals surface area contributed by atoms with Crippen molar-refractivity contribution in [2.45, 2.75) is 45.4 Å². The van der Waals surface area contributed by atoms with Gasteiger partial charge in [-0.3, -0.25) is 4.79 Å². The lowest BCUT2D eigenvalue weighted by molar-refractivity contribution is -0.138. The van der Waals surface area contributed by atoms with E-state index in [0.29, 0.717) is 0 Å². The molecule has 0 aromatic rings. The van der Waals surface area contributed by atoms with Crippen molar-refractivity contribution in [3.8, 4) is 0 Å². The first-order valence-corrected chi connectivity index (χ1v) is 5.00. The summed E-state index contributed by atoms with van der Waals surface area (Å²) in [6.07, 6.45) is 9.00. The maximum absolute atomic E-state index is 9.74. The third-order valence-electron chi connectivity index (χ3n) is 1.76. The largest absolute Gasteiger partial charge is 0.450 e. The van der Waals surface area contributed by atoms with Crippen molar-refractivity contribution in [2.75, 3.05) is 6.07 Å². The van der Waals surface area contributed by atoms with Crippen LogP contribution in [0.3, 0.4) is 0 Å². The Kier molecular flexibility index (Phi) is 8.68. The van der Waals surface area contributed by atoms with Crippen molar-refractivity contribution in [1.82, 2.24) is 0 Å². The van der Waals surface area contributed by atoms with Crippen molar-refractivity contribution < 1.29 is 9.53 Å². The number of carbonyl (C=O) groups excluding carboxylic acids is 1. The smallest absolute Gasteiger partial charge is 0.303 e. The Balaban J connectivity index is 0.000000202. The summed E-state index contributed by atoms with van der Waals surface area (Å²) in [7, 11) is 0. The fourth-order valence-electron chi connectivity index (χ4n) is 1.14. The van der Waals surface area contributed by atoms with Crippen LogP contribution >= 0.6 is 11.6 Å². The van der Waals surface area contributed by atoms with Gasteiger partial charge >= 0.3 is 5.97 Å². The minimum absolute atomic E-state index is 0.0463. The number of alkyl halides is 1. The fourth-order valence-corrected chi connectivity index (χ4v) is 1.29. The maximum atomic E-state index is 9.74. The molecule has 0 aromatic heterocycles. The first kappa shape index (κ1) is 11.8. The van der Waals surface area contributed by atoms with Gasteiger partial charge < -0.3 is 4.74 Å². The number of esters is 1. The van der Waals surface area contributed by atoms with E-state index in [2.05, 4.69) is 4.74 Å². The quantitative estimate of drug-likeness (QED) is 0.472. The van der Waals surface area contributed by atoms with Gasteiger partial charge in [-0.05, 0) is 0 Å². The van der Waals surface area contributed by atoms with Crippen LogP contribution in [0.5, 0.6) is 0 Å². The SMILES string of the molecule is C1CCCCC1.CC(=O)OCCl. The minimum Gasteiger partial charge on any atom is -0.450 e. The van der Waals surface area contributed by atoms with E-state index in [1.54, 1.807) is 0 Å². The Labute approximate surface area is 79.2 Å². The summed E-state index contributed by atoms with van der Waals surface area (Å²) >= 11 is 4.95. The second-order valence-corrected chi connectivity index (χ2v) is 3.08. The van der Waals surface area contributed by atoms with Gasteiger partial charge in [0, 0.05) is 6.92 Å². The van der Waals surface area contributed by atoms with Crippen LogP contribution in [0.2, 0.25) is 0 Å². The molecule has 3 heteroatoms. The summed E-state index contributed by atoms with van der Waals surface area (Å²) in [6, 6.07) is -0.0463. The molecule has 0 saturated heterocycles. The van der Waals surface area contributed by atoms with Crippen LogP contribution in [0.15, 0.2) is 0 Å². The van der Waals surface area contributed by atoms with Crippen molar-refractivity contribution in [2.24, 2.45) is 0 Å². The molecule has 0 amide bonds. The van der Waals surface area contributed by atoms with Crippen molar-refractivity contribution in [1.29, 1.82) is 0 Å². The Morgan fingerprint density at radius 1 is 1.17 bits per heavy atom. The molecule has 0 N–H and O–H groups in total. The highest BCUT2D eigenvalue weighted by Crippen LogP contribution is 2.15. The molecule has 0 spiro atoms. The Morgan fingerprint density at radius 2 is 1.50 bits per heavy atom. The predicted octanol–water partition coefficient (Wildman–Crippen LogP) is 3.09. The van der Waals surface area contributed by atoms with E-state index < -0.39 is 0 Å². The number of hydrogen-bond donors (Lipinski definition) is 0. The van der Waals surface area contributed by atoms with Gasteiger partial charge in [-0.15, -0.1) is 0 Å². The highest BCUT2D eigenvalue weighted by Gasteiger charge is 1.95. The van der Waals surface area contributed by atoms with Crippen LogP contribution in [0, 0.1) is 0 Å². The molecule has 1 aliphatic carbocycles. The van der Waals surface area contributed by atoms with Crippen LogP contribution in [0.25, 0.3) is 0 Å². The van der Waals surface area contributed by atoms with Gasteiger partial charge in [0.2, 0.25) is 0 Å². The summed E-state index contributed by atoms with van der Waals surface area (Å²) in [4.78, 5) is 9.74. The van der Waals surface area contributed by atoms with Crippen LogP contribution in [-0.4, -0.2) is 12.0 Å². The van der Waals surface area contributed by atoms with E-state index in [4.69, 9.17) is 11.6 Å². The third kappa shape index (κ3) is 9.76. The molecule has 0 heterocycles. The lowest BCUT2D eigenvalue weighted by atomic mass is 10.0. The van der Waals surface area contributed by atoms with E-state index in [1.165, 1.54) is 45.4 Å². The molecule has 2 nitrogen and oxygen atoms in total. The first-order valence-electron chi connectivity index (χ1n) is 4.46. The van der Waals surface area contributed by atoms with E-state index in [9.17, 15) is 4.79 Å². The average molecular weight is 193 g/mol. The summed E-state index contributed by atoms with van der Waals surface area (Å²) in [5.74, 6) is -0.343. The van der Waals surface area contributed by atoms with Gasteiger partial charge in [-0.2, -0.15) is 0 Å². The molecule has 0 aliphatic heterocycles. The molecule has 72 valence electrons. The van der Waals surface area contributed by atoms with Crippen molar-refractivity contribution >= 4 is 17.6 Å². The zero-order chi connectivity index (χ0) is 9.23. The van der Waals surface area contributed by atoms with E-state index in [0.717, 1.165) is 0 Å². The van der Waals surface area contributed by atoms with Crippen molar-refractivity contribution in [3.63, 3.8) is 0 Å². The fraction of sp³-hybridized carbons (Fsp3) is 0.889. The topological polar surface area (TPSA) is 26.3 Å². The highest BCUT2D eigenvalue weighted by molar-refractivity contribution is 6.17. The second kappa shape index (κ2) is 8.85. The molecule has 0 radical (unpaired) electrons. The zero-order valence-electron chi connectivity index (χ0n) is 7.64. The normalized spacial score (nSPS) is 15.8. The number of halogens is 1. The molecule has 0 aromatic carbocycles. The lowest BCUT2D eigenvalue weighted by Gasteiger charge is -2.05. The number of carbonyl (C=O) groups is 1. The first-order chi connectivity index (χ1) is 5.77. The molecule has 1 saturated carbocycles. The monoisotopic (exact) mass is 192 g/mol. The molecule has 1 rings (SSSR count). The van der Waals surface area contributed by atoms with Gasteiger partial charge in [0.15, 0.2) is 6.07 Å². The second-order valence-electron chi connectivity index (χ2n) is 2.87. The number of rotatable bonds is 1. The van der Waals surface area contributed by atoms with Gasteiger partial charge in [-0.25, -0.2) is 0 Å². The summed E-state index contributed by atoms with van der Waals surface area (Å²) in [5, 5.41) is 0. The Hall–Kier alpha value is -0.240. The Morgan fingerprint density at radius 3 is 1.58 bits per heavy atom. The molecular weight excluding hydrogens is 176 g/mol. The van der Waals surface area contributed by atoms with Gasteiger partial charge in [0.1, 0.15) is 0 Å². The third-order valence-corrected chi connectivity index (χ3v) is 1.87. The zero-order valence-corrected chi connectivity index (χ0v) is 8.40. The lowest BCUT2D eigenvalue weighted by Crippen LogP contribution is -1.93. The summed E-state index contributed by atoms with van der Waals surface area (Å²) < 4.78 is 4.17. The molecule has 0 bridgehead atoms. The highest BCUT2D eigenvalue weighted by atomic mass is 35.5. The maximum Gasteiger partial charge on any atom is 0.303 e. The van der Waals surface area contributed by atoms with Gasteiger partial charge in [0.25, 0.3) is 0 Å². The van der Waals surface area contributed by atoms with Crippen LogP contribution < -0.4 is 0 Å².